The number of hydrogen-bond donors (Lipinski definition) is 0. The van der Waals surface area contributed by atoms with E-state index in [2.05, 4.69) is 0 Å². The number of rotatable bonds is 2. The lowest BCUT2D eigenvalue weighted by Crippen LogP contribution is -2.37. The van der Waals surface area contributed by atoms with Crippen LogP contribution in [0.15, 0.2) is 48.5 Å². The Labute approximate surface area is 132 Å². The quantitative estimate of drug-likeness (QED) is 0.368. The molecule has 1 aliphatic rings. The van der Waals surface area contributed by atoms with Crippen molar-refractivity contribution in [1.82, 2.24) is 4.90 Å². The highest BCUT2D eigenvalue weighted by Crippen LogP contribution is 2.35. The van der Waals surface area contributed by atoms with Crippen LogP contribution < -0.4 is 0 Å². The molecule has 1 aliphatic heterocycles. The number of halogens is 1. The van der Waals surface area contributed by atoms with Crippen LogP contribution in [-0.2, 0) is 6.42 Å². The Hall–Kier alpha value is -2.40. The second kappa shape index (κ2) is 5.77. The number of nitro benzene ring substituents is 1. The molecule has 0 fully saturated rings. The Morgan fingerprint density at radius 3 is 2.64 bits per heavy atom. The molecule has 3 rings (SSSR count). The highest BCUT2D eigenvalue weighted by molar-refractivity contribution is 6.22. The molecule has 0 aromatic heterocycles. The number of nitrogens with zero attached hydrogens (tertiary/aromatic N) is 2. The number of benzene rings is 2. The van der Waals surface area contributed by atoms with Crippen molar-refractivity contribution >= 4 is 23.2 Å². The molecule has 0 saturated carbocycles. The standard InChI is InChI=1S/C16H13ClN2O3/c17-15-14-10-13(19(21)22)7-6-11(14)8-9-18(15)16(20)12-4-2-1-3-5-12/h1-7,10,15H,8-9H2. The zero-order valence-corrected chi connectivity index (χ0v) is 12.4. The number of non-ortho nitro benzene ring substituents is 1. The fourth-order valence-electron chi connectivity index (χ4n) is 2.62. The normalized spacial score (nSPS) is 17.0. The predicted molar refractivity (Wildman–Crippen MR) is 82.9 cm³/mol. The molecule has 0 N–H and O–H groups in total. The van der Waals surface area contributed by atoms with Crippen molar-refractivity contribution in [2.75, 3.05) is 6.54 Å². The minimum atomic E-state index is -0.698. The van der Waals surface area contributed by atoms with Gasteiger partial charge in [0.15, 0.2) is 0 Å². The summed E-state index contributed by atoms with van der Waals surface area (Å²) in [5.41, 5.74) is 1.42. The van der Waals surface area contributed by atoms with E-state index in [-0.39, 0.29) is 11.6 Å². The number of hydrogen-bond acceptors (Lipinski definition) is 3. The molecule has 1 amide bonds. The lowest BCUT2D eigenvalue weighted by molar-refractivity contribution is -0.385. The summed E-state index contributed by atoms with van der Waals surface area (Å²) in [5, 5.41) is 10.9. The Balaban J connectivity index is 1.93. The highest BCUT2D eigenvalue weighted by Gasteiger charge is 2.31. The molecule has 1 heterocycles. The van der Waals surface area contributed by atoms with Crippen LogP contribution in [0, 0.1) is 10.1 Å². The van der Waals surface area contributed by atoms with Gasteiger partial charge in [0.25, 0.3) is 11.6 Å². The van der Waals surface area contributed by atoms with Gasteiger partial charge >= 0.3 is 0 Å². The number of carbonyl (C=O) groups excluding carboxylic acids is 1. The van der Waals surface area contributed by atoms with Crippen LogP contribution in [0.5, 0.6) is 0 Å². The fraction of sp³-hybridized carbons (Fsp3) is 0.188. The first-order valence-electron chi connectivity index (χ1n) is 6.85. The topological polar surface area (TPSA) is 63.5 Å². The van der Waals surface area contributed by atoms with E-state index >= 15 is 0 Å². The molecule has 0 radical (unpaired) electrons. The van der Waals surface area contributed by atoms with Crippen molar-refractivity contribution in [3.8, 4) is 0 Å². The van der Waals surface area contributed by atoms with Crippen LogP contribution in [0.25, 0.3) is 0 Å². The second-order valence-corrected chi connectivity index (χ2v) is 5.50. The molecular formula is C16H13ClN2O3. The van der Waals surface area contributed by atoms with Crippen molar-refractivity contribution in [2.45, 2.75) is 11.9 Å². The predicted octanol–water partition coefficient (Wildman–Crippen LogP) is 3.53. The molecule has 1 unspecified atom stereocenters. The monoisotopic (exact) mass is 316 g/mol. The molecule has 0 bridgehead atoms. The van der Waals surface area contributed by atoms with Crippen molar-refractivity contribution < 1.29 is 9.72 Å². The molecule has 112 valence electrons. The summed E-state index contributed by atoms with van der Waals surface area (Å²) in [6, 6.07) is 13.5. The Morgan fingerprint density at radius 1 is 1.23 bits per heavy atom. The SMILES string of the molecule is O=C(c1ccccc1)N1CCc2ccc([N+](=O)[O-])cc2C1Cl. The molecule has 0 spiro atoms. The summed E-state index contributed by atoms with van der Waals surface area (Å²) in [5.74, 6) is -0.169. The lowest BCUT2D eigenvalue weighted by Gasteiger charge is -2.33. The van der Waals surface area contributed by atoms with Crippen molar-refractivity contribution in [3.63, 3.8) is 0 Å². The van der Waals surface area contributed by atoms with Crippen LogP contribution in [0.1, 0.15) is 27.0 Å². The first-order chi connectivity index (χ1) is 10.6. The molecular weight excluding hydrogens is 304 g/mol. The Bertz CT molecular complexity index is 733. The molecule has 5 nitrogen and oxygen atoms in total. The van der Waals surface area contributed by atoms with Gasteiger partial charge in [0.2, 0.25) is 0 Å². The molecule has 0 aliphatic carbocycles. The largest absolute Gasteiger partial charge is 0.318 e. The van der Waals surface area contributed by atoms with E-state index in [9.17, 15) is 14.9 Å². The number of fused-ring (bicyclic) bond motifs is 1. The Kier molecular flexibility index (Phi) is 3.81. The first kappa shape index (κ1) is 14.5. The van der Waals surface area contributed by atoms with Gasteiger partial charge in [0, 0.05) is 24.2 Å². The number of amides is 1. The summed E-state index contributed by atoms with van der Waals surface area (Å²) in [6.07, 6.45) is 0.634. The minimum Gasteiger partial charge on any atom is -0.318 e. The lowest BCUT2D eigenvalue weighted by atomic mass is 9.98. The smallest absolute Gasteiger partial charge is 0.269 e. The maximum absolute atomic E-state index is 12.5. The van der Waals surface area contributed by atoms with Gasteiger partial charge in [0.05, 0.1) is 4.92 Å². The van der Waals surface area contributed by atoms with E-state index in [0.717, 1.165) is 5.56 Å². The number of nitro groups is 1. The maximum atomic E-state index is 12.5. The molecule has 2 aromatic rings. The van der Waals surface area contributed by atoms with Crippen LogP contribution in [0.4, 0.5) is 5.69 Å². The van der Waals surface area contributed by atoms with Gasteiger partial charge in [-0.05, 0) is 29.7 Å². The van der Waals surface area contributed by atoms with E-state index in [1.165, 1.54) is 12.1 Å². The zero-order valence-electron chi connectivity index (χ0n) is 11.6. The molecule has 22 heavy (non-hydrogen) atoms. The summed E-state index contributed by atoms with van der Waals surface area (Å²) in [4.78, 5) is 24.5. The third kappa shape index (κ3) is 2.55. The second-order valence-electron chi connectivity index (χ2n) is 5.09. The van der Waals surface area contributed by atoms with Gasteiger partial charge in [-0.1, -0.05) is 35.9 Å². The summed E-state index contributed by atoms with van der Waals surface area (Å²) < 4.78 is 0. The average Bonchev–Trinajstić information content (AvgIpc) is 2.55. The number of alkyl halides is 1. The Morgan fingerprint density at radius 2 is 1.95 bits per heavy atom. The van der Waals surface area contributed by atoms with E-state index in [4.69, 9.17) is 11.6 Å². The van der Waals surface area contributed by atoms with Crippen LogP contribution in [-0.4, -0.2) is 22.3 Å². The third-order valence-corrected chi connectivity index (χ3v) is 4.24. The van der Waals surface area contributed by atoms with Gasteiger partial charge in [-0.3, -0.25) is 14.9 Å². The molecule has 0 saturated heterocycles. The highest BCUT2D eigenvalue weighted by atomic mass is 35.5. The van der Waals surface area contributed by atoms with Crippen LogP contribution in [0.3, 0.4) is 0 Å². The minimum absolute atomic E-state index is 0.0154. The summed E-state index contributed by atoms with van der Waals surface area (Å²) in [6.45, 7) is 0.493. The van der Waals surface area contributed by atoms with Gasteiger partial charge in [0.1, 0.15) is 5.50 Å². The van der Waals surface area contributed by atoms with E-state index in [1.54, 1.807) is 35.2 Å². The van der Waals surface area contributed by atoms with Gasteiger partial charge < -0.3 is 4.90 Å². The van der Waals surface area contributed by atoms with E-state index in [0.29, 0.717) is 24.1 Å². The zero-order chi connectivity index (χ0) is 15.7. The van der Waals surface area contributed by atoms with Crippen molar-refractivity contribution in [3.05, 3.63) is 75.3 Å². The molecule has 2 aromatic carbocycles. The van der Waals surface area contributed by atoms with Gasteiger partial charge in [-0.2, -0.15) is 0 Å². The number of carbonyl (C=O) groups is 1. The summed E-state index contributed by atoms with van der Waals surface area (Å²) in [7, 11) is 0. The first-order valence-corrected chi connectivity index (χ1v) is 7.29. The van der Waals surface area contributed by atoms with Crippen molar-refractivity contribution in [2.24, 2.45) is 0 Å². The molecule has 6 heteroatoms. The van der Waals surface area contributed by atoms with Gasteiger partial charge in [-0.15, -0.1) is 0 Å². The van der Waals surface area contributed by atoms with E-state index < -0.39 is 10.4 Å². The van der Waals surface area contributed by atoms with Crippen LogP contribution in [0.2, 0.25) is 0 Å². The van der Waals surface area contributed by atoms with Crippen LogP contribution >= 0.6 is 11.6 Å². The van der Waals surface area contributed by atoms with Crippen molar-refractivity contribution in [1.29, 1.82) is 0 Å². The van der Waals surface area contributed by atoms with Gasteiger partial charge in [-0.25, -0.2) is 0 Å². The molecule has 1 atom stereocenters. The maximum Gasteiger partial charge on any atom is 0.269 e. The van der Waals surface area contributed by atoms with E-state index in [1.807, 2.05) is 6.07 Å². The summed E-state index contributed by atoms with van der Waals surface area (Å²) >= 11 is 6.42. The third-order valence-electron chi connectivity index (χ3n) is 3.77. The fourth-order valence-corrected chi connectivity index (χ4v) is 3.01. The average molecular weight is 317 g/mol.